The first-order chi connectivity index (χ1) is 18.6. The molecule has 0 atom stereocenters. The zero-order valence-electron chi connectivity index (χ0n) is 24.9. The van der Waals surface area contributed by atoms with Gasteiger partial charge in [0.05, 0.1) is 42.8 Å². The smallest absolute Gasteiger partial charge is 0.115 e. The number of halogens is 3. The lowest BCUT2D eigenvalue weighted by atomic mass is 10.1. The molecule has 0 aliphatic rings. The average molecular weight is 614 g/mol. The molecular weight excluding hydrogens is 563 g/mol. The van der Waals surface area contributed by atoms with E-state index in [1.807, 2.05) is 12.1 Å². The van der Waals surface area contributed by atoms with Crippen molar-refractivity contribution in [2.75, 3.05) is 27.7 Å². The Morgan fingerprint density at radius 2 is 1.00 bits per heavy atom. The Balaban J connectivity index is 0. The maximum absolute atomic E-state index is 10.3. The van der Waals surface area contributed by atoms with E-state index in [0.717, 1.165) is 4.48 Å². The Morgan fingerprint density at radius 3 is 1.30 bits per heavy atom. The largest absolute Gasteiger partial charge is 0.872 e. The van der Waals surface area contributed by atoms with E-state index in [-0.39, 0.29) is 11.9 Å². The minimum absolute atomic E-state index is 0. The molecule has 0 amide bonds. The maximum atomic E-state index is 10.3. The Labute approximate surface area is 259 Å². The summed E-state index contributed by atoms with van der Waals surface area (Å²) in [6, 6.07) is 22.2. The van der Waals surface area contributed by atoms with E-state index in [0.29, 0.717) is 20.8 Å². The number of nitrogens with zero attached hydrogens (tertiary/aromatic N) is 1. The zero-order valence-corrected chi connectivity index (χ0v) is 27.2. The highest BCUT2D eigenvalue weighted by molar-refractivity contribution is 6.47. The van der Waals surface area contributed by atoms with Crippen LogP contribution in [-0.4, -0.2) is 37.3 Å². The third-order valence-electron chi connectivity index (χ3n) is 5.59. The minimum Gasteiger partial charge on any atom is -0.872 e. The predicted octanol–water partition coefficient (Wildman–Crippen LogP) is 10.6. The second kappa shape index (κ2) is 26.0. The molecule has 4 nitrogen and oxygen atoms in total. The van der Waals surface area contributed by atoms with Gasteiger partial charge in [0.1, 0.15) is 5.75 Å². The van der Waals surface area contributed by atoms with Gasteiger partial charge in [-0.25, -0.2) is 0 Å². The molecule has 0 aliphatic heterocycles. The second-order valence-electron chi connectivity index (χ2n) is 10.4. The van der Waals surface area contributed by atoms with Gasteiger partial charge in [0, 0.05) is 0 Å². The van der Waals surface area contributed by atoms with Crippen molar-refractivity contribution in [3.05, 3.63) is 93.9 Å². The number of benzene rings is 3. The Kier molecular flexibility index (Phi) is 26.1. The lowest BCUT2D eigenvalue weighted by molar-refractivity contribution is -0.870. The van der Waals surface area contributed by atoms with Crippen molar-refractivity contribution < 1.29 is 14.7 Å². The maximum Gasteiger partial charge on any atom is 0.115 e. The lowest BCUT2D eigenvalue weighted by Crippen LogP contribution is -2.35. The van der Waals surface area contributed by atoms with Crippen molar-refractivity contribution >= 4 is 34.8 Å². The van der Waals surface area contributed by atoms with E-state index in [1.54, 1.807) is 54.6 Å². The summed E-state index contributed by atoms with van der Waals surface area (Å²) >= 11 is 16.8. The highest BCUT2D eigenvalue weighted by Gasteiger charge is 2.04. The van der Waals surface area contributed by atoms with Crippen LogP contribution < -0.4 is 11.3 Å². The summed E-state index contributed by atoms with van der Waals surface area (Å²) in [6.07, 6.45) is 14.4. The van der Waals surface area contributed by atoms with Gasteiger partial charge in [0.25, 0.3) is 0 Å². The van der Waals surface area contributed by atoms with Crippen molar-refractivity contribution in [1.82, 2.24) is 6.15 Å². The number of rotatable bonds is 11. The number of hydrogen-bond donors (Lipinski definition) is 2. The molecule has 0 radical (unpaired) electrons. The summed E-state index contributed by atoms with van der Waals surface area (Å²) in [7, 11) is 6.86. The third-order valence-corrected chi connectivity index (χ3v) is 6.82. The number of unbranched alkanes of at least 4 members (excludes halogenated alkanes) is 9. The van der Waals surface area contributed by atoms with E-state index in [9.17, 15) is 5.11 Å². The number of aromatic hydroxyl groups is 1. The van der Waals surface area contributed by atoms with Gasteiger partial charge in [-0.15, -0.1) is 5.75 Å². The molecule has 226 valence electrons. The van der Waals surface area contributed by atoms with Crippen molar-refractivity contribution in [1.29, 1.82) is 0 Å². The van der Waals surface area contributed by atoms with Gasteiger partial charge in [0.2, 0.25) is 0 Å². The van der Waals surface area contributed by atoms with Crippen LogP contribution in [0.15, 0.2) is 78.9 Å². The number of quaternary nitrogens is 1. The molecule has 40 heavy (non-hydrogen) atoms. The molecular formula is C33H51Cl3N2O2. The second-order valence-corrected chi connectivity index (χ2v) is 11.6. The van der Waals surface area contributed by atoms with Crippen LogP contribution in [0.3, 0.4) is 0 Å². The number of phenols is 1. The van der Waals surface area contributed by atoms with Crippen molar-refractivity contribution in [3.63, 3.8) is 0 Å². The van der Waals surface area contributed by atoms with Crippen LogP contribution in [0.1, 0.15) is 71.1 Å². The van der Waals surface area contributed by atoms with E-state index in [2.05, 4.69) is 28.1 Å². The summed E-state index contributed by atoms with van der Waals surface area (Å²) in [5.41, 5.74) is 0. The highest BCUT2D eigenvalue weighted by Crippen LogP contribution is 2.28. The van der Waals surface area contributed by atoms with E-state index < -0.39 is 0 Å². The van der Waals surface area contributed by atoms with Gasteiger partial charge < -0.3 is 20.8 Å². The molecule has 0 aromatic heterocycles. The number of phenolic OH excluding ortho intramolecular Hbond substituents is 1. The summed E-state index contributed by atoms with van der Waals surface area (Å²) in [5, 5.41) is 20.3. The van der Waals surface area contributed by atoms with Crippen molar-refractivity contribution in [2.24, 2.45) is 0 Å². The van der Waals surface area contributed by atoms with Crippen molar-refractivity contribution in [2.45, 2.75) is 71.1 Å². The van der Waals surface area contributed by atoms with Gasteiger partial charge >= 0.3 is 0 Å². The average Bonchev–Trinajstić information content (AvgIpc) is 2.90. The van der Waals surface area contributed by atoms with E-state index in [4.69, 9.17) is 39.9 Å². The molecule has 3 aromatic rings. The molecule has 0 heterocycles. The first-order valence-corrected chi connectivity index (χ1v) is 15.1. The quantitative estimate of drug-likeness (QED) is 0.128. The topological polar surface area (TPSA) is 78.3 Å². The lowest BCUT2D eigenvalue weighted by Gasteiger charge is -2.23. The zero-order chi connectivity index (χ0) is 29.4. The van der Waals surface area contributed by atoms with Gasteiger partial charge in [-0.3, -0.25) is 0 Å². The minimum atomic E-state index is 0. The third kappa shape index (κ3) is 26.3. The molecule has 0 aliphatic carbocycles. The molecule has 0 spiro atoms. The molecule has 4 N–H and O–H groups in total. The van der Waals surface area contributed by atoms with Crippen LogP contribution in [0.5, 0.6) is 11.5 Å². The van der Waals surface area contributed by atoms with Crippen LogP contribution in [-0.2, 0) is 0 Å². The fourth-order valence-corrected chi connectivity index (χ4v) is 3.92. The van der Waals surface area contributed by atoms with Gasteiger partial charge in [-0.2, -0.15) is 0 Å². The van der Waals surface area contributed by atoms with Crippen LogP contribution in [0.2, 0.25) is 15.1 Å². The molecule has 3 aromatic carbocycles. The highest BCUT2D eigenvalue weighted by atomic mass is 35.5. The van der Waals surface area contributed by atoms with Crippen molar-refractivity contribution in [3.8, 4) is 11.5 Å². The predicted molar refractivity (Wildman–Crippen MR) is 175 cm³/mol. The summed E-state index contributed by atoms with van der Waals surface area (Å²) in [4.78, 5) is 0. The normalized spacial score (nSPS) is 9.97. The first-order valence-electron chi connectivity index (χ1n) is 13.9. The molecule has 7 heteroatoms. The summed E-state index contributed by atoms with van der Waals surface area (Å²) in [6.45, 7) is 3.62. The van der Waals surface area contributed by atoms with Crippen LogP contribution in [0.25, 0.3) is 0 Å². The SMILES string of the molecule is CCCCCCCCCCCC[N+](C)(C)C.Clc1cccc(Cl)c1Cl.N.Oc1ccccc1.[O-]c1ccccc1. The van der Waals surface area contributed by atoms with Gasteiger partial charge in [0.15, 0.2) is 0 Å². The molecule has 0 bridgehead atoms. The molecule has 0 saturated heterocycles. The fraction of sp³-hybridized carbons (Fsp3) is 0.455. The Bertz CT molecular complexity index is 895. The van der Waals surface area contributed by atoms with Gasteiger partial charge in [-0.1, -0.05) is 148 Å². The van der Waals surface area contributed by atoms with Crippen LogP contribution >= 0.6 is 34.8 Å². The van der Waals surface area contributed by atoms with E-state index in [1.165, 1.54) is 82.9 Å². The van der Waals surface area contributed by atoms with E-state index >= 15 is 0 Å². The first kappa shape index (κ1) is 40.2. The fourth-order valence-electron chi connectivity index (χ4n) is 3.40. The van der Waals surface area contributed by atoms with Gasteiger partial charge in [-0.05, 0) is 37.1 Å². The number of hydrogen-bond acceptors (Lipinski definition) is 3. The van der Waals surface area contributed by atoms with Crippen LogP contribution in [0, 0.1) is 0 Å². The molecule has 0 saturated carbocycles. The number of para-hydroxylation sites is 2. The summed E-state index contributed by atoms with van der Waals surface area (Å²) in [5.74, 6) is 0.394. The Morgan fingerprint density at radius 1 is 0.600 bits per heavy atom. The van der Waals surface area contributed by atoms with Crippen LogP contribution in [0.4, 0.5) is 0 Å². The molecule has 0 fully saturated rings. The standard InChI is InChI=1S/C15H34N.C6H3Cl3.2C6H6O.H3N/c1-5-6-7-8-9-10-11-12-13-14-15-16(2,3)4;7-4-2-1-3-5(8)6(4)9;2*7-6-4-2-1-3-5-6;/h5-15H2,1-4H3;1-3H;2*1-5,7H;1H3/q+1;;;;/p-1. The Hall–Kier alpha value is -1.95. The molecule has 0 unspecified atom stereocenters. The summed E-state index contributed by atoms with van der Waals surface area (Å²) < 4.78 is 1.12. The monoisotopic (exact) mass is 612 g/mol. The molecule has 3 rings (SSSR count).